The number of rotatable bonds is 6. The summed E-state index contributed by atoms with van der Waals surface area (Å²) >= 11 is 0. The Morgan fingerprint density at radius 2 is 0.571 bits per heavy atom. The summed E-state index contributed by atoms with van der Waals surface area (Å²) in [6, 6.07) is 43.2. The fourth-order valence-electron chi connectivity index (χ4n) is 2.94. The zero-order valence-corrected chi connectivity index (χ0v) is 16.7. The van der Waals surface area contributed by atoms with E-state index in [2.05, 4.69) is 126 Å². The molecule has 1 N–H and O–H groups in total. The third-order valence-corrected chi connectivity index (χ3v) is 9.12. The third kappa shape index (κ3) is 5.69. The molecule has 28 heavy (non-hydrogen) atoms. The van der Waals surface area contributed by atoms with Crippen molar-refractivity contribution in [2.75, 3.05) is 0 Å². The van der Waals surface area contributed by atoms with E-state index in [4.69, 9.17) is 0 Å². The molecule has 0 bridgehead atoms. The molecule has 0 aliphatic rings. The van der Waals surface area contributed by atoms with Gasteiger partial charge in [0.15, 0.2) is 0 Å². The first-order valence-corrected chi connectivity index (χ1v) is 11.7. The minimum Gasteiger partial charge on any atom is -0.259 e. The summed E-state index contributed by atoms with van der Waals surface area (Å²) < 4.78 is 0. The molecule has 0 fully saturated rings. The predicted octanol–water partition coefficient (Wildman–Crippen LogP) is 4.02. The number of hydrogen-bond donors (Lipinski definition) is 1. The van der Waals surface area contributed by atoms with Crippen LogP contribution in [0.1, 0.15) is 0 Å². The molecule has 4 rings (SSSR count). The summed E-state index contributed by atoms with van der Waals surface area (Å²) in [5, 5.41) is 5.38. The minimum atomic E-state index is -0.659. The van der Waals surface area contributed by atoms with Gasteiger partial charge in [-0.2, -0.15) is 0 Å². The first kappa shape index (κ1) is 22.0. The van der Waals surface area contributed by atoms with Crippen molar-refractivity contribution in [1.82, 2.24) is 4.86 Å². The van der Waals surface area contributed by atoms with Gasteiger partial charge in [-0.3, -0.25) is 4.86 Å². The van der Waals surface area contributed by atoms with E-state index in [0.717, 1.165) is 0 Å². The standard InChI is InChI=1S/C24H21NP2.K.H/c1-5-13-21(14-6-1)26(22-15-7-2-8-16-22)25-27(23-17-9-3-10-18-23)24-19-11-4-12-20-24;;/h1-20,25H;;. The van der Waals surface area contributed by atoms with Gasteiger partial charge >= 0.3 is 51.4 Å². The van der Waals surface area contributed by atoms with Crippen molar-refractivity contribution in [2.45, 2.75) is 0 Å². The molecule has 0 aliphatic carbocycles. The molecule has 4 aromatic carbocycles. The fourth-order valence-corrected chi connectivity index (χ4v) is 8.06. The van der Waals surface area contributed by atoms with Crippen molar-refractivity contribution >= 4 is 88.7 Å². The third-order valence-electron chi connectivity index (χ3n) is 4.26. The molecule has 0 unspecified atom stereocenters. The van der Waals surface area contributed by atoms with E-state index in [1.807, 2.05) is 0 Å². The molecule has 0 saturated heterocycles. The molecule has 4 aromatic rings. The van der Waals surface area contributed by atoms with E-state index >= 15 is 0 Å². The largest absolute Gasteiger partial charge is 0.259 e. The molecule has 134 valence electrons. The Labute approximate surface area is 212 Å². The van der Waals surface area contributed by atoms with Crippen LogP contribution < -0.4 is 26.1 Å². The Morgan fingerprint density at radius 1 is 0.357 bits per heavy atom. The maximum absolute atomic E-state index is 4.05. The van der Waals surface area contributed by atoms with Crippen molar-refractivity contribution in [2.24, 2.45) is 0 Å². The Hall–Kier alpha value is -0.664. The molecule has 0 aliphatic heterocycles. The molecular formula is C24H22KNP2. The molecular weight excluding hydrogens is 403 g/mol. The summed E-state index contributed by atoms with van der Waals surface area (Å²) in [6.07, 6.45) is 0. The average molecular weight is 425 g/mol. The number of benzene rings is 4. The van der Waals surface area contributed by atoms with Gasteiger partial charge in [0.05, 0.1) is 0 Å². The number of nitrogens with one attached hydrogen (secondary N) is 1. The second kappa shape index (κ2) is 11.5. The van der Waals surface area contributed by atoms with Crippen LogP contribution in [0.4, 0.5) is 0 Å². The van der Waals surface area contributed by atoms with E-state index < -0.39 is 16.1 Å². The number of hydrogen-bond acceptors (Lipinski definition) is 1. The van der Waals surface area contributed by atoms with Gasteiger partial charge in [-0.05, 0) is 21.2 Å². The van der Waals surface area contributed by atoms with Gasteiger partial charge in [-0.15, -0.1) is 0 Å². The van der Waals surface area contributed by atoms with E-state index in [9.17, 15) is 0 Å². The van der Waals surface area contributed by atoms with Gasteiger partial charge in [0.25, 0.3) is 0 Å². The van der Waals surface area contributed by atoms with Gasteiger partial charge in [0.1, 0.15) is 0 Å². The Balaban J connectivity index is 0.00000225. The van der Waals surface area contributed by atoms with Crippen molar-refractivity contribution < 1.29 is 0 Å². The summed E-state index contributed by atoms with van der Waals surface area (Å²) in [5.41, 5.74) is 0. The summed E-state index contributed by atoms with van der Waals surface area (Å²) in [4.78, 5) is 4.05. The molecule has 0 spiro atoms. The second-order valence-corrected chi connectivity index (χ2v) is 10.3. The fraction of sp³-hybridized carbons (Fsp3) is 0. The normalized spacial score (nSPS) is 10.6. The zero-order chi connectivity index (χ0) is 18.3. The van der Waals surface area contributed by atoms with Crippen molar-refractivity contribution in [1.29, 1.82) is 0 Å². The average Bonchev–Trinajstić information content (AvgIpc) is 2.77. The monoisotopic (exact) mass is 425 g/mol. The topological polar surface area (TPSA) is 12.0 Å². The van der Waals surface area contributed by atoms with Crippen LogP contribution in [0.2, 0.25) is 0 Å². The van der Waals surface area contributed by atoms with Crippen LogP contribution in [-0.4, -0.2) is 51.4 Å². The quantitative estimate of drug-likeness (QED) is 0.363. The molecule has 1 nitrogen and oxygen atoms in total. The maximum atomic E-state index is 4.05. The Bertz CT molecular complexity index is 791. The molecule has 0 amide bonds. The Morgan fingerprint density at radius 3 is 0.786 bits per heavy atom. The van der Waals surface area contributed by atoms with Crippen LogP contribution >= 0.6 is 16.1 Å². The van der Waals surface area contributed by atoms with Gasteiger partial charge < -0.3 is 0 Å². The van der Waals surface area contributed by atoms with Crippen LogP contribution in [0, 0.1) is 0 Å². The van der Waals surface area contributed by atoms with Crippen molar-refractivity contribution in [3.8, 4) is 0 Å². The summed E-state index contributed by atoms with van der Waals surface area (Å²) in [6.45, 7) is 0. The predicted molar refractivity (Wildman–Crippen MR) is 128 cm³/mol. The molecule has 4 heteroatoms. The van der Waals surface area contributed by atoms with Gasteiger partial charge in [0, 0.05) is 16.1 Å². The second-order valence-electron chi connectivity index (χ2n) is 6.11. The SMILES string of the molecule is [KH].c1ccc(P(NP(c2ccccc2)c2ccccc2)c2ccccc2)cc1. The molecule has 0 heterocycles. The van der Waals surface area contributed by atoms with E-state index in [0.29, 0.717) is 0 Å². The maximum Gasteiger partial charge on any atom is 0.0294 e. The van der Waals surface area contributed by atoms with Crippen LogP contribution in [-0.2, 0) is 0 Å². The molecule has 0 saturated carbocycles. The van der Waals surface area contributed by atoms with Crippen molar-refractivity contribution in [3.05, 3.63) is 121 Å². The minimum absolute atomic E-state index is 0. The van der Waals surface area contributed by atoms with Gasteiger partial charge in [0.2, 0.25) is 0 Å². The van der Waals surface area contributed by atoms with E-state index in [1.54, 1.807) is 0 Å². The van der Waals surface area contributed by atoms with Crippen LogP contribution in [0.3, 0.4) is 0 Å². The van der Waals surface area contributed by atoms with Crippen LogP contribution in [0.25, 0.3) is 0 Å². The van der Waals surface area contributed by atoms with E-state index in [1.165, 1.54) is 21.2 Å². The molecule has 0 aromatic heterocycles. The van der Waals surface area contributed by atoms with E-state index in [-0.39, 0.29) is 51.4 Å². The summed E-state index contributed by atoms with van der Waals surface area (Å²) in [5.74, 6) is 0. The molecule has 0 atom stereocenters. The van der Waals surface area contributed by atoms with Gasteiger partial charge in [-0.25, -0.2) is 0 Å². The summed E-state index contributed by atoms with van der Waals surface area (Å²) in [7, 11) is -1.32. The first-order chi connectivity index (χ1) is 13.4. The Kier molecular flexibility index (Phi) is 9.05. The van der Waals surface area contributed by atoms with Crippen molar-refractivity contribution in [3.63, 3.8) is 0 Å². The smallest absolute Gasteiger partial charge is 0.0294 e. The first-order valence-electron chi connectivity index (χ1n) is 8.98. The molecule has 0 radical (unpaired) electrons. The van der Waals surface area contributed by atoms with Gasteiger partial charge in [-0.1, -0.05) is 121 Å². The zero-order valence-electron chi connectivity index (χ0n) is 14.9. The van der Waals surface area contributed by atoms with Crippen LogP contribution in [0.15, 0.2) is 121 Å². The van der Waals surface area contributed by atoms with Crippen LogP contribution in [0.5, 0.6) is 0 Å².